The van der Waals surface area contributed by atoms with Crippen LogP contribution >= 0.6 is 11.8 Å². The number of hydrogen-bond donors (Lipinski definition) is 0. The van der Waals surface area contributed by atoms with Gasteiger partial charge in [0.05, 0.1) is 11.6 Å². The van der Waals surface area contributed by atoms with Crippen LogP contribution < -0.4 is 0 Å². The van der Waals surface area contributed by atoms with Crippen molar-refractivity contribution in [2.45, 2.75) is 4.90 Å². The summed E-state index contributed by atoms with van der Waals surface area (Å²) in [5.41, 5.74) is 2.32. The molecule has 0 N–H and O–H groups in total. The molecule has 21 heavy (non-hydrogen) atoms. The molecule has 0 atom stereocenters. The fourth-order valence-electron chi connectivity index (χ4n) is 1.89. The second-order valence-electron chi connectivity index (χ2n) is 4.34. The molecule has 0 spiro atoms. The van der Waals surface area contributed by atoms with E-state index in [-0.39, 0.29) is 0 Å². The molecule has 2 aromatic carbocycles. The minimum atomic E-state index is 0.448. The number of rotatable bonds is 3. The van der Waals surface area contributed by atoms with Crippen molar-refractivity contribution in [1.29, 1.82) is 5.26 Å². The zero-order chi connectivity index (χ0) is 14.7. The molecule has 0 bridgehead atoms. The zero-order valence-electron chi connectivity index (χ0n) is 11.3. The fourth-order valence-corrected chi connectivity index (χ4v) is 2.29. The van der Waals surface area contributed by atoms with Crippen molar-refractivity contribution in [2.24, 2.45) is 0 Å². The molecule has 0 radical (unpaired) electrons. The molecule has 0 aliphatic rings. The Hall–Kier alpha value is -2.58. The molecule has 5 heteroatoms. The zero-order valence-corrected chi connectivity index (χ0v) is 12.1. The van der Waals surface area contributed by atoms with Gasteiger partial charge in [-0.2, -0.15) is 10.2 Å². The van der Waals surface area contributed by atoms with Crippen molar-refractivity contribution < 1.29 is 4.52 Å². The number of aromatic nitrogens is 2. The van der Waals surface area contributed by atoms with Crippen molar-refractivity contribution in [3.63, 3.8) is 0 Å². The monoisotopic (exact) mass is 293 g/mol. The van der Waals surface area contributed by atoms with Gasteiger partial charge in [-0.05, 0) is 54.8 Å². The van der Waals surface area contributed by atoms with Gasteiger partial charge in [-0.1, -0.05) is 5.16 Å². The molecule has 0 unspecified atom stereocenters. The first kappa shape index (κ1) is 13.4. The minimum absolute atomic E-state index is 0.448. The summed E-state index contributed by atoms with van der Waals surface area (Å²) in [4.78, 5) is 5.58. The van der Waals surface area contributed by atoms with Crippen LogP contribution in [-0.4, -0.2) is 16.4 Å². The van der Waals surface area contributed by atoms with Gasteiger partial charge in [0, 0.05) is 16.0 Å². The highest BCUT2D eigenvalue weighted by Gasteiger charge is 2.10. The second-order valence-corrected chi connectivity index (χ2v) is 5.22. The number of benzene rings is 2. The van der Waals surface area contributed by atoms with Crippen LogP contribution in [0.4, 0.5) is 0 Å². The molecule has 0 saturated carbocycles. The van der Waals surface area contributed by atoms with Crippen molar-refractivity contribution in [2.75, 3.05) is 6.26 Å². The lowest BCUT2D eigenvalue weighted by Gasteiger charge is -1.97. The van der Waals surface area contributed by atoms with Gasteiger partial charge >= 0.3 is 0 Å². The average Bonchev–Trinajstić information content (AvgIpc) is 3.05. The SMILES string of the molecule is CSc1ccc(-c2noc(-c3ccc(C#N)cc3)n2)cc1. The first-order valence-electron chi connectivity index (χ1n) is 6.29. The fraction of sp³-hybridized carbons (Fsp3) is 0.0625. The van der Waals surface area contributed by atoms with Crippen molar-refractivity contribution in [3.05, 3.63) is 54.1 Å². The first-order valence-corrected chi connectivity index (χ1v) is 7.51. The van der Waals surface area contributed by atoms with E-state index >= 15 is 0 Å². The van der Waals surface area contributed by atoms with Gasteiger partial charge < -0.3 is 4.52 Å². The van der Waals surface area contributed by atoms with E-state index in [2.05, 4.69) is 16.2 Å². The Morgan fingerprint density at radius 2 is 1.67 bits per heavy atom. The summed E-state index contributed by atoms with van der Waals surface area (Å²) in [6, 6.07) is 17.1. The summed E-state index contributed by atoms with van der Waals surface area (Å²) < 4.78 is 5.29. The predicted octanol–water partition coefficient (Wildman–Crippen LogP) is 4.00. The van der Waals surface area contributed by atoms with Gasteiger partial charge in [0.1, 0.15) is 0 Å². The number of hydrogen-bond acceptors (Lipinski definition) is 5. The van der Waals surface area contributed by atoms with Gasteiger partial charge in [0.15, 0.2) is 0 Å². The molecular formula is C16H11N3OS. The largest absolute Gasteiger partial charge is 0.334 e. The maximum Gasteiger partial charge on any atom is 0.258 e. The van der Waals surface area contributed by atoms with Gasteiger partial charge in [0.2, 0.25) is 5.82 Å². The van der Waals surface area contributed by atoms with Gasteiger partial charge in [-0.3, -0.25) is 0 Å². The Labute approximate surface area is 126 Å². The Kier molecular flexibility index (Phi) is 3.71. The highest BCUT2D eigenvalue weighted by Crippen LogP contribution is 2.24. The minimum Gasteiger partial charge on any atom is -0.334 e. The summed E-state index contributed by atoms with van der Waals surface area (Å²) in [7, 11) is 0. The van der Waals surface area contributed by atoms with Gasteiger partial charge in [0.25, 0.3) is 5.89 Å². The van der Waals surface area contributed by atoms with E-state index in [4.69, 9.17) is 9.78 Å². The first-order chi connectivity index (χ1) is 10.3. The van der Waals surface area contributed by atoms with Gasteiger partial charge in [-0.25, -0.2) is 0 Å². The molecule has 1 heterocycles. The number of thioether (sulfide) groups is 1. The van der Waals surface area contributed by atoms with E-state index in [1.807, 2.05) is 30.5 Å². The topological polar surface area (TPSA) is 62.7 Å². The summed E-state index contributed by atoms with van der Waals surface area (Å²) in [6.07, 6.45) is 2.03. The summed E-state index contributed by atoms with van der Waals surface area (Å²) in [5, 5.41) is 12.8. The van der Waals surface area contributed by atoms with E-state index < -0.39 is 0 Å². The van der Waals surface area contributed by atoms with Crippen LogP contribution in [0.25, 0.3) is 22.8 Å². The van der Waals surface area contributed by atoms with E-state index in [9.17, 15) is 0 Å². The average molecular weight is 293 g/mol. The van der Waals surface area contributed by atoms with Crippen LogP contribution in [-0.2, 0) is 0 Å². The van der Waals surface area contributed by atoms with Crippen LogP contribution in [0.1, 0.15) is 5.56 Å². The smallest absolute Gasteiger partial charge is 0.258 e. The molecule has 3 aromatic rings. The molecule has 4 nitrogen and oxygen atoms in total. The lowest BCUT2D eigenvalue weighted by molar-refractivity contribution is 0.432. The molecule has 3 rings (SSSR count). The molecule has 0 fully saturated rings. The van der Waals surface area contributed by atoms with Crippen molar-refractivity contribution in [3.8, 4) is 28.9 Å². The van der Waals surface area contributed by atoms with Crippen LogP contribution in [0.2, 0.25) is 0 Å². The van der Waals surface area contributed by atoms with Gasteiger partial charge in [-0.15, -0.1) is 11.8 Å². The molecule has 0 saturated heterocycles. The van der Waals surface area contributed by atoms with Crippen molar-refractivity contribution in [1.82, 2.24) is 10.1 Å². The number of nitriles is 1. The Balaban J connectivity index is 1.89. The predicted molar refractivity (Wildman–Crippen MR) is 81.7 cm³/mol. The number of nitrogens with zero attached hydrogens (tertiary/aromatic N) is 3. The van der Waals surface area contributed by atoms with E-state index in [0.717, 1.165) is 11.1 Å². The van der Waals surface area contributed by atoms with Crippen LogP contribution in [0.15, 0.2) is 57.9 Å². The molecule has 1 aromatic heterocycles. The molecular weight excluding hydrogens is 282 g/mol. The molecule has 0 aliphatic carbocycles. The highest BCUT2D eigenvalue weighted by atomic mass is 32.2. The Morgan fingerprint density at radius 1 is 1.00 bits per heavy atom. The van der Waals surface area contributed by atoms with E-state index in [0.29, 0.717) is 17.3 Å². The third-order valence-electron chi connectivity index (χ3n) is 3.04. The van der Waals surface area contributed by atoms with Crippen LogP contribution in [0.3, 0.4) is 0 Å². The van der Waals surface area contributed by atoms with Crippen LogP contribution in [0.5, 0.6) is 0 Å². The molecule has 102 valence electrons. The highest BCUT2D eigenvalue weighted by molar-refractivity contribution is 7.98. The summed E-state index contributed by atoms with van der Waals surface area (Å²) >= 11 is 1.69. The lowest BCUT2D eigenvalue weighted by Crippen LogP contribution is -1.82. The molecule has 0 aliphatic heterocycles. The van der Waals surface area contributed by atoms with Crippen molar-refractivity contribution >= 4 is 11.8 Å². The van der Waals surface area contributed by atoms with E-state index in [1.165, 1.54) is 4.90 Å². The second kappa shape index (κ2) is 5.81. The lowest BCUT2D eigenvalue weighted by atomic mass is 10.1. The quantitative estimate of drug-likeness (QED) is 0.683. The van der Waals surface area contributed by atoms with Crippen LogP contribution in [0, 0.1) is 11.3 Å². The third kappa shape index (κ3) is 2.81. The standard InChI is InChI=1S/C16H11N3OS/c1-21-14-8-6-12(7-9-14)15-18-16(20-19-15)13-4-2-11(10-17)3-5-13/h2-9H,1H3. The summed E-state index contributed by atoms with van der Waals surface area (Å²) in [6.45, 7) is 0. The Bertz CT molecular complexity index is 786. The normalized spacial score (nSPS) is 10.3. The summed E-state index contributed by atoms with van der Waals surface area (Å²) in [5.74, 6) is 1.01. The molecule has 0 amide bonds. The Morgan fingerprint density at radius 3 is 2.29 bits per heavy atom. The maximum absolute atomic E-state index is 8.79. The third-order valence-corrected chi connectivity index (χ3v) is 3.78. The van der Waals surface area contributed by atoms with E-state index in [1.54, 1.807) is 36.0 Å². The maximum atomic E-state index is 8.79.